The molecule has 0 aliphatic carbocycles. The summed E-state index contributed by atoms with van der Waals surface area (Å²) in [5, 5.41) is 22.3. The first-order valence-corrected chi connectivity index (χ1v) is 6.76. The van der Waals surface area contributed by atoms with E-state index >= 15 is 0 Å². The number of hydrogen-bond acceptors (Lipinski definition) is 4. The summed E-state index contributed by atoms with van der Waals surface area (Å²) in [6.45, 7) is 0.0304. The van der Waals surface area contributed by atoms with Crippen LogP contribution in [0.3, 0.4) is 0 Å². The van der Waals surface area contributed by atoms with E-state index in [0.29, 0.717) is 6.54 Å². The molecule has 0 aliphatic heterocycles. The number of hydrogen-bond donors (Lipinski definition) is 4. The summed E-state index contributed by atoms with van der Waals surface area (Å²) in [5.74, 6) is -1.17. The van der Waals surface area contributed by atoms with Crippen molar-refractivity contribution in [3.63, 3.8) is 0 Å². The van der Waals surface area contributed by atoms with Gasteiger partial charge in [0.25, 0.3) is 0 Å². The Balaban J connectivity index is 2.38. The fourth-order valence-corrected chi connectivity index (χ4v) is 2.63. The fourth-order valence-electron chi connectivity index (χ4n) is 1.21. The van der Waals surface area contributed by atoms with Crippen LogP contribution >= 0.6 is 27.3 Å². The predicted molar refractivity (Wildman–Crippen MR) is 70.5 cm³/mol. The molecule has 100 valence electrons. The van der Waals surface area contributed by atoms with Gasteiger partial charge in [0.15, 0.2) is 0 Å². The molecule has 0 spiro atoms. The second-order valence-corrected chi connectivity index (χ2v) is 5.98. The van der Waals surface area contributed by atoms with E-state index in [2.05, 4.69) is 26.6 Å². The quantitative estimate of drug-likeness (QED) is 0.626. The van der Waals surface area contributed by atoms with Gasteiger partial charge in [0, 0.05) is 17.9 Å². The predicted octanol–water partition coefficient (Wildman–Crippen LogP) is 1.15. The molecule has 1 aromatic heterocycles. The van der Waals surface area contributed by atoms with Gasteiger partial charge in [0.2, 0.25) is 0 Å². The van der Waals surface area contributed by atoms with Crippen LogP contribution in [0.4, 0.5) is 4.79 Å². The lowest BCUT2D eigenvalue weighted by Crippen LogP contribution is -2.46. The number of carboxylic acids is 1. The van der Waals surface area contributed by atoms with Crippen LogP contribution in [-0.2, 0) is 11.3 Å². The molecule has 0 bridgehead atoms. The van der Waals surface area contributed by atoms with Crippen molar-refractivity contribution in [2.75, 3.05) is 6.61 Å². The lowest BCUT2D eigenvalue weighted by Gasteiger charge is -2.13. The molecule has 1 atom stereocenters. The third-order valence-corrected chi connectivity index (χ3v) is 3.70. The van der Waals surface area contributed by atoms with E-state index in [-0.39, 0.29) is 13.0 Å². The van der Waals surface area contributed by atoms with Gasteiger partial charge >= 0.3 is 12.0 Å². The Hall–Kier alpha value is -1.12. The van der Waals surface area contributed by atoms with Gasteiger partial charge in [-0.1, -0.05) is 0 Å². The van der Waals surface area contributed by atoms with E-state index < -0.39 is 18.0 Å². The molecule has 18 heavy (non-hydrogen) atoms. The van der Waals surface area contributed by atoms with E-state index in [9.17, 15) is 9.59 Å². The molecular weight excluding hydrogens is 324 g/mol. The molecule has 1 rings (SSSR count). The number of halogens is 1. The van der Waals surface area contributed by atoms with Crippen LogP contribution in [0.5, 0.6) is 0 Å². The van der Waals surface area contributed by atoms with Crippen molar-refractivity contribution >= 4 is 39.3 Å². The summed E-state index contributed by atoms with van der Waals surface area (Å²) >= 11 is 4.79. The number of amides is 2. The van der Waals surface area contributed by atoms with Crippen molar-refractivity contribution in [1.29, 1.82) is 0 Å². The summed E-state index contributed by atoms with van der Waals surface area (Å²) in [7, 11) is 0. The van der Waals surface area contributed by atoms with Crippen molar-refractivity contribution in [1.82, 2.24) is 10.6 Å². The Bertz CT molecular complexity index is 424. The largest absolute Gasteiger partial charge is 0.480 e. The minimum atomic E-state index is -1.17. The van der Waals surface area contributed by atoms with Crippen LogP contribution in [0, 0.1) is 0 Å². The van der Waals surface area contributed by atoms with E-state index in [1.165, 1.54) is 11.3 Å². The number of aliphatic hydroxyl groups is 1. The van der Waals surface area contributed by atoms with Gasteiger partial charge < -0.3 is 20.8 Å². The maximum absolute atomic E-state index is 11.4. The van der Waals surface area contributed by atoms with E-state index in [1.54, 1.807) is 0 Å². The molecule has 0 unspecified atom stereocenters. The van der Waals surface area contributed by atoms with Gasteiger partial charge in [0.05, 0.1) is 10.3 Å². The summed E-state index contributed by atoms with van der Waals surface area (Å²) in [6, 6.07) is 2.08. The number of thiophene rings is 1. The minimum Gasteiger partial charge on any atom is -0.480 e. The molecule has 0 aliphatic rings. The van der Waals surface area contributed by atoms with Crippen LogP contribution < -0.4 is 10.6 Å². The number of carbonyl (C=O) groups excluding carboxylic acids is 1. The monoisotopic (exact) mass is 336 g/mol. The summed E-state index contributed by atoms with van der Waals surface area (Å²) in [4.78, 5) is 23.1. The summed E-state index contributed by atoms with van der Waals surface area (Å²) < 4.78 is 0.961. The van der Waals surface area contributed by atoms with E-state index in [0.717, 1.165) is 8.66 Å². The normalized spacial score (nSPS) is 11.9. The molecule has 0 fully saturated rings. The number of carboxylic acid groups (broad SMARTS) is 1. The van der Waals surface area contributed by atoms with Gasteiger partial charge in [-0.25, -0.2) is 9.59 Å². The second kappa shape index (κ2) is 7.34. The second-order valence-electron chi connectivity index (χ2n) is 3.44. The first-order chi connectivity index (χ1) is 8.52. The average molecular weight is 337 g/mol. The summed E-state index contributed by atoms with van der Waals surface area (Å²) in [6.07, 6.45) is -0.0205. The van der Waals surface area contributed by atoms with Gasteiger partial charge in [0.1, 0.15) is 6.04 Å². The molecule has 4 N–H and O–H groups in total. The number of nitrogens with one attached hydrogen (secondary N) is 2. The SMILES string of the molecule is O=C(NCc1ccc(Br)s1)N[C@H](CCO)C(=O)O. The van der Waals surface area contributed by atoms with Crippen LogP contribution in [0.2, 0.25) is 0 Å². The van der Waals surface area contributed by atoms with Gasteiger partial charge in [-0.3, -0.25) is 0 Å². The first kappa shape index (κ1) is 14.9. The lowest BCUT2D eigenvalue weighted by molar-refractivity contribution is -0.139. The third kappa shape index (κ3) is 5.03. The maximum atomic E-state index is 11.4. The maximum Gasteiger partial charge on any atom is 0.326 e. The smallest absolute Gasteiger partial charge is 0.326 e. The van der Waals surface area contributed by atoms with Gasteiger partial charge in [-0.15, -0.1) is 11.3 Å². The highest BCUT2D eigenvalue weighted by atomic mass is 79.9. The lowest BCUT2D eigenvalue weighted by atomic mass is 10.2. The molecule has 1 aromatic rings. The molecule has 8 heteroatoms. The van der Waals surface area contributed by atoms with Gasteiger partial charge in [-0.2, -0.15) is 0 Å². The standard InChI is InChI=1S/C10H13BrN2O4S/c11-8-2-1-6(18-8)5-12-10(17)13-7(3-4-14)9(15)16/h1-2,7,14H,3-5H2,(H,15,16)(H2,12,13,17)/t7-/m1/s1. The van der Waals surface area contributed by atoms with E-state index in [1.807, 2.05) is 12.1 Å². The zero-order valence-corrected chi connectivity index (χ0v) is 11.8. The van der Waals surface area contributed by atoms with Crippen LogP contribution in [-0.4, -0.2) is 34.9 Å². The average Bonchev–Trinajstić information content (AvgIpc) is 2.72. The fraction of sp³-hybridized carbons (Fsp3) is 0.400. The Morgan fingerprint density at radius 1 is 1.44 bits per heavy atom. The Labute approximate surface area is 116 Å². The first-order valence-electron chi connectivity index (χ1n) is 5.15. The topological polar surface area (TPSA) is 98.7 Å². The van der Waals surface area contributed by atoms with Crippen molar-refractivity contribution in [3.8, 4) is 0 Å². The molecule has 6 nitrogen and oxygen atoms in total. The Kier molecular flexibility index (Phi) is 6.10. The summed E-state index contributed by atoms with van der Waals surface area (Å²) in [5.41, 5.74) is 0. The molecule has 0 saturated carbocycles. The number of aliphatic hydroxyl groups excluding tert-OH is 1. The van der Waals surface area contributed by atoms with Crippen molar-refractivity contribution in [2.45, 2.75) is 19.0 Å². The number of carbonyl (C=O) groups is 2. The Morgan fingerprint density at radius 3 is 2.67 bits per heavy atom. The Morgan fingerprint density at radius 2 is 2.17 bits per heavy atom. The minimum absolute atomic E-state index is 0.0205. The molecule has 1 heterocycles. The van der Waals surface area contributed by atoms with Crippen molar-refractivity contribution in [3.05, 3.63) is 20.8 Å². The van der Waals surface area contributed by atoms with E-state index in [4.69, 9.17) is 10.2 Å². The number of aliphatic carboxylic acids is 1. The van der Waals surface area contributed by atoms with Gasteiger partial charge in [-0.05, 0) is 28.1 Å². The van der Waals surface area contributed by atoms with Crippen LogP contribution in [0.15, 0.2) is 15.9 Å². The zero-order chi connectivity index (χ0) is 13.5. The van der Waals surface area contributed by atoms with Crippen molar-refractivity contribution < 1.29 is 19.8 Å². The number of rotatable bonds is 6. The van der Waals surface area contributed by atoms with Crippen molar-refractivity contribution in [2.24, 2.45) is 0 Å². The highest BCUT2D eigenvalue weighted by Crippen LogP contribution is 2.21. The molecular formula is C10H13BrN2O4S. The zero-order valence-electron chi connectivity index (χ0n) is 9.35. The molecule has 0 radical (unpaired) electrons. The van der Waals surface area contributed by atoms with Crippen LogP contribution in [0.25, 0.3) is 0 Å². The number of urea groups is 1. The molecule has 0 saturated heterocycles. The molecule has 2 amide bonds. The third-order valence-electron chi connectivity index (χ3n) is 2.07. The highest BCUT2D eigenvalue weighted by molar-refractivity contribution is 9.11. The van der Waals surface area contributed by atoms with Crippen LogP contribution in [0.1, 0.15) is 11.3 Å². The molecule has 0 aromatic carbocycles. The highest BCUT2D eigenvalue weighted by Gasteiger charge is 2.18.